The molecule has 0 aliphatic rings. The van der Waals surface area contributed by atoms with Crippen molar-refractivity contribution in [2.24, 2.45) is 0 Å². The summed E-state index contributed by atoms with van der Waals surface area (Å²) in [6.07, 6.45) is 0. The van der Waals surface area contributed by atoms with Crippen molar-refractivity contribution in [3.63, 3.8) is 0 Å². The fourth-order valence-electron chi connectivity index (χ4n) is 6.05. The highest BCUT2D eigenvalue weighted by atomic mass is 15.1. The number of benzene rings is 5. The Hall–Kier alpha value is -4.30. The van der Waals surface area contributed by atoms with Crippen molar-refractivity contribution in [3.05, 3.63) is 138 Å². The fraction of sp³-hybridized carbons (Fsp3) is 0.348. The van der Waals surface area contributed by atoms with Crippen LogP contribution in [0.2, 0.25) is 0 Å². The minimum absolute atomic E-state index is 0.0486. The molecular formula is C46H56N2. The highest BCUT2D eigenvalue weighted by molar-refractivity contribution is 5.84. The predicted octanol–water partition coefficient (Wildman–Crippen LogP) is 13.8. The Bertz CT molecular complexity index is 1780. The first-order valence-corrected chi connectivity index (χ1v) is 17.4. The standard InChI is InChI=1S/C46H56N2/c1-43(2,3)33-18-23-38(24-19-33)48(39-25-20-34(21-26-39)44(4,5)6)40-29-36(46(10,11)12)28-37(31-40)47-42-27-22-35(45(7,8)9)30-41(42)32-16-14-13-15-17-32/h13-31,47H,1-12H3. The first-order chi connectivity index (χ1) is 22.3. The molecular weight excluding hydrogens is 581 g/mol. The van der Waals surface area contributed by atoms with Crippen LogP contribution in [0.1, 0.15) is 105 Å². The van der Waals surface area contributed by atoms with Crippen LogP contribution in [0.5, 0.6) is 0 Å². The quantitative estimate of drug-likeness (QED) is 0.199. The number of anilines is 5. The van der Waals surface area contributed by atoms with Crippen molar-refractivity contribution in [1.29, 1.82) is 0 Å². The zero-order chi connectivity index (χ0) is 35.1. The van der Waals surface area contributed by atoms with Crippen molar-refractivity contribution in [1.82, 2.24) is 0 Å². The van der Waals surface area contributed by atoms with Crippen LogP contribution in [-0.2, 0) is 21.7 Å². The van der Waals surface area contributed by atoms with Gasteiger partial charge in [0.15, 0.2) is 0 Å². The largest absolute Gasteiger partial charge is 0.355 e. The summed E-state index contributed by atoms with van der Waals surface area (Å²) < 4.78 is 0. The molecule has 0 amide bonds. The van der Waals surface area contributed by atoms with Crippen LogP contribution in [0.15, 0.2) is 115 Å². The van der Waals surface area contributed by atoms with Crippen LogP contribution in [-0.4, -0.2) is 0 Å². The predicted molar refractivity (Wildman–Crippen MR) is 211 cm³/mol. The Kier molecular flexibility index (Phi) is 9.45. The summed E-state index contributed by atoms with van der Waals surface area (Å²) in [6, 6.07) is 42.8. The normalized spacial score (nSPS) is 12.6. The van der Waals surface area contributed by atoms with Crippen molar-refractivity contribution in [2.75, 3.05) is 10.2 Å². The molecule has 0 atom stereocenters. The summed E-state index contributed by atoms with van der Waals surface area (Å²) in [5.41, 5.74) is 13.4. The zero-order valence-electron chi connectivity index (χ0n) is 31.4. The summed E-state index contributed by atoms with van der Waals surface area (Å²) in [6.45, 7) is 27.3. The zero-order valence-corrected chi connectivity index (χ0v) is 31.4. The minimum atomic E-state index is -0.0529. The number of rotatable bonds is 6. The number of hydrogen-bond acceptors (Lipinski definition) is 2. The van der Waals surface area contributed by atoms with Gasteiger partial charge in [0.2, 0.25) is 0 Å². The van der Waals surface area contributed by atoms with E-state index in [0.717, 1.165) is 28.4 Å². The summed E-state index contributed by atoms with van der Waals surface area (Å²) in [4.78, 5) is 2.40. The van der Waals surface area contributed by atoms with Gasteiger partial charge in [0.1, 0.15) is 0 Å². The molecule has 0 saturated heterocycles. The van der Waals surface area contributed by atoms with Crippen LogP contribution in [0.3, 0.4) is 0 Å². The first kappa shape index (κ1) is 35.0. The van der Waals surface area contributed by atoms with Crippen molar-refractivity contribution in [2.45, 2.75) is 105 Å². The van der Waals surface area contributed by atoms with E-state index < -0.39 is 0 Å². The van der Waals surface area contributed by atoms with E-state index in [1.165, 1.54) is 33.4 Å². The Morgan fingerprint density at radius 2 is 0.854 bits per heavy atom. The SMILES string of the molecule is CC(C)(C)c1ccc(N(c2ccc(C(C)(C)C)cc2)c2cc(Nc3ccc(C(C)(C)C)cc3-c3ccccc3)cc(C(C)(C)C)c2)cc1. The summed E-state index contributed by atoms with van der Waals surface area (Å²) in [7, 11) is 0. The lowest BCUT2D eigenvalue weighted by atomic mass is 9.84. The fourth-order valence-corrected chi connectivity index (χ4v) is 6.05. The molecule has 0 heterocycles. The topological polar surface area (TPSA) is 15.3 Å². The second kappa shape index (κ2) is 13.0. The smallest absolute Gasteiger partial charge is 0.0485 e. The molecule has 0 fully saturated rings. The molecule has 48 heavy (non-hydrogen) atoms. The van der Waals surface area contributed by atoms with Gasteiger partial charge in [-0.2, -0.15) is 0 Å². The van der Waals surface area contributed by atoms with E-state index in [9.17, 15) is 0 Å². The van der Waals surface area contributed by atoms with Gasteiger partial charge in [-0.15, -0.1) is 0 Å². The van der Waals surface area contributed by atoms with Crippen LogP contribution in [0, 0.1) is 0 Å². The van der Waals surface area contributed by atoms with E-state index in [0.29, 0.717) is 0 Å². The van der Waals surface area contributed by atoms with Gasteiger partial charge in [0.05, 0.1) is 0 Å². The molecule has 0 aliphatic carbocycles. The van der Waals surface area contributed by atoms with E-state index in [1.807, 2.05) is 0 Å². The Morgan fingerprint density at radius 1 is 0.396 bits per heavy atom. The van der Waals surface area contributed by atoms with Crippen molar-refractivity contribution >= 4 is 28.4 Å². The van der Waals surface area contributed by atoms with Gasteiger partial charge >= 0.3 is 0 Å². The highest BCUT2D eigenvalue weighted by Gasteiger charge is 2.23. The lowest BCUT2D eigenvalue weighted by molar-refractivity contribution is 0.589. The van der Waals surface area contributed by atoms with Gasteiger partial charge in [-0.05, 0) is 104 Å². The molecule has 0 aromatic heterocycles. The summed E-state index contributed by atoms with van der Waals surface area (Å²) >= 11 is 0. The Balaban J connectivity index is 1.69. The molecule has 0 aliphatic heterocycles. The second-order valence-corrected chi connectivity index (χ2v) is 17.4. The molecule has 5 rings (SSSR count). The van der Waals surface area contributed by atoms with E-state index in [4.69, 9.17) is 0 Å². The average molecular weight is 637 g/mol. The molecule has 0 radical (unpaired) electrons. The minimum Gasteiger partial charge on any atom is -0.355 e. The van der Waals surface area contributed by atoms with Crippen LogP contribution in [0.25, 0.3) is 11.1 Å². The number of nitrogens with one attached hydrogen (secondary N) is 1. The molecule has 2 nitrogen and oxygen atoms in total. The molecule has 0 saturated carbocycles. The summed E-state index contributed by atoms with van der Waals surface area (Å²) in [5.74, 6) is 0. The molecule has 5 aromatic carbocycles. The van der Waals surface area contributed by atoms with Crippen LogP contribution >= 0.6 is 0 Å². The van der Waals surface area contributed by atoms with Crippen molar-refractivity contribution < 1.29 is 0 Å². The maximum absolute atomic E-state index is 3.89. The van der Waals surface area contributed by atoms with Gasteiger partial charge in [0, 0.05) is 34.0 Å². The highest BCUT2D eigenvalue weighted by Crippen LogP contribution is 2.42. The van der Waals surface area contributed by atoms with Gasteiger partial charge in [-0.1, -0.05) is 144 Å². The second-order valence-electron chi connectivity index (χ2n) is 17.4. The van der Waals surface area contributed by atoms with E-state index >= 15 is 0 Å². The van der Waals surface area contributed by atoms with Gasteiger partial charge < -0.3 is 10.2 Å². The molecule has 0 spiro atoms. The third-order valence-corrected chi connectivity index (χ3v) is 9.27. The van der Waals surface area contributed by atoms with E-state index in [2.05, 4.69) is 209 Å². The van der Waals surface area contributed by atoms with E-state index in [-0.39, 0.29) is 21.7 Å². The lowest BCUT2D eigenvalue weighted by Crippen LogP contribution is -2.16. The van der Waals surface area contributed by atoms with Crippen LogP contribution < -0.4 is 10.2 Å². The molecule has 5 aromatic rings. The molecule has 2 heteroatoms. The number of nitrogens with zero attached hydrogens (tertiary/aromatic N) is 1. The third kappa shape index (κ3) is 8.04. The Morgan fingerprint density at radius 3 is 1.31 bits per heavy atom. The molecule has 250 valence electrons. The van der Waals surface area contributed by atoms with Gasteiger partial charge in [-0.3, -0.25) is 0 Å². The third-order valence-electron chi connectivity index (χ3n) is 9.27. The molecule has 0 bridgehead atoms. The monoisotopic (exact) mass is 636 g/mol. The van der Waals surface area contributed by atoms with Crippen LogP contribution in [0.4, 0.5) is 28.4 Å². The Labute approximate surface area is 291 Å². The van der Waals surface area contributed by atoms with Crippen molar-refractivity contribution in [3.8, 4) is 11.1 Å². The molecule has 0 unspecified atom stereocenters. The summed E-state index contributed by atoms with van der Waals surface area (Å²) in [5, 5.41) is 3.89. The number of hydrogen-bond donors (Lipinski definition) is 1. The maximum Gasteiger partial charge on any atom is 0.0485 e. The van der Waals surface area contributed by atoms with Gasteiger partial charge in [-0.25, -0.2) is 0 Å². The first-order valence-electron chi connectivity index (χ1n) is 17.4. The molecule has 1 N–H and O–H groups in total. The van der Waals surface area contributed by atoms with Gasteiger partial charge in [0.25, 0.3) is 0 Å². The maximum atomic E-state index is 3.89. The average Bonchev–Trinajstić information content (AvgIpc) is 3.00. The lowest BCUT2D eigenvalue weighted by Gasteiger charge is -2.30. The van der Waals surface area contributed by atoms with E-state index in [1.54, 1.807) is 0 Å².